The van der Waals surface area contributed by atoms with Gasteiger partial charge in [-0.2, -0.15) is 5.10 Å². The summed E-state index contributed by atoms with van der Waals surface area (Å²) < 4.78 is 0. The molecule has 94 valence electrons. The monoisotopic (exact) mass is 236 g/mol. The number of carbonyl (C=O) groups excluding carboxylic acids is 1. The van der Waals surface area contributed by atoms with Gasteiger partial charge in [0.2, 0.25) is 5.91 Å². The van der Waals surface area contributed by atoms with Crippen LogP contribution in [0.15, 0.2) is 6.07 Å². The predicted molar refractivity (Wildman–Crippen MR) is 65.7 cm³/mol. The molecule has 1 saturated heterocycles. The topological polar surface area (TPSA) is 61.0 Å². The van der Waals surface area contributed by atoms with Crippen molar-refractivity contribution in [1.29, 1.82) is 0 Å². The Morgan fingerprint density at radius 3 is 2.65 bits per heavy atom. The minimum Gasteiger partial charge on any atom is -0.339 e. The molecule has 0 aliphatic carbocycles. The van der Waals surface area contributed by atoms with Crippen molar-refractivity contribution in [3.63, 3.8) is 0 Å². The maximum absolute atomic E-state index is 12.1. The Labute approximate surface area is 102 Å². The Morgan fingerprint density at radius 1 is 1.47 bits per heavy atom. The molecular weight excluding hydrogens is 216 g/mol. The molecule has 5 heteroatoms. The zero-order valence-electron chi connectivity index (χ0n) is 10.7. The summed E-state index contributed by atoms with van der Waals surface area (Å²) in [5.74, 6) is 0.164. The number of H-pyrrole nitrogens is 1. The van der Waals surface area contributed by atoms with Crippen LogP contribution in [0.5, 0.6) is 0 Å². The fourth-order valence-electron chi connectivity index (χ4n) is 2.36. The van der Waals surface area contributed by atoms with Crippen LogP contribution in [0, 0.1) is 6.92 Å². The Kier molecular flexibility index (Phi) is 3.47. The Morgan fingerprint density at radius 2 is 2.12 bits per heavy atom. The van der Waals surface area contributed by atoms with Gasteiger partial charge in [0.15, 0.2) is 0 Å². The molecule has 5 nitrogen and oxygen atoms in total. The number of aryl methyl sites for hydroxylation is 1. The van der Waals surface area contributed by atoms with Gasteiger partial charge in [-0.25, -0.2) is 0 Å². The van der Waals surface area contributed by atoms with Crippen LogP contribution in [0.2, 0.25) is 0 Å². The van der Waals surface area contributed by atoms with Gasteiger partial charge in [-0.1, -0.05) is 0 Å². The normalized spacial score (nSPS) is 25.0. The fourth-order valence-corrected chi connectivity index (χ4v) is 2.36. The third kappa shape index (κ3) is 3.06. The lowest BCUT2D eigenvalue weighted by molar-refractivity contribution is -0.132. The number of aromatic nitrogens is 2. The summed E-state index contributed by atoms with van der Waals surface area (Å²) >= 11 is 0. The zero-order valence-corrected chi connectivity index (χ0v) is 10.7. The highest BCUT2D eigenvalue weighted by atomic mass is 16.2. The minimum absolute atomic E-state index is 0.164. The van der Waals surface area contributed by atoms with Crippen molar-refractivity contribution in [2.24, 2.45) is 0 Å². The molecule has 1 amide bonds. The fraction of sp³-hybridized carbons (Fsp3) is 0.667. The second kappa shape index (κ2) is 4.87. The van der Waals surface area contributed by atoms with Crippen molar-refractivity contribution < 1.29 is 4.79 Å². The van der Waals surface area contributed by atoms with Crippen molar-refractivity contribution in [3.8, 4) is 0 Å². The van der Waals surface area contributed by atoms with Gasteiger partial charge in [0.25, 0.3) is 0 Å². The van der Waals surface area contributed by atoms with Gasteiger partial charge in [-0.05, 0) is 26.8 Å². The molecule has 2 N–H and O–H groups in total. The average Bonchev–Trinajstić information content (AvgIpc) is 2.62. The van der Waals surface area contributed by atoms with Gasteiger partial charge in [0.1, 0.15) is 0 Å². The molecule has 1 aromatic rings. The van der Waals surface area contributed by atoms with Gasteiger partial charge in [-0.15, -0.1) is 0 Å². The molecule has 0 spiro atoms. The smallest absolute Gasteiger partial charge is 0.228 e. The third-order valence-corrected chi connectivity index (χ3v) is 3.00. The number of hydrogen-bond acceptors (Lipinski definition) is 3. The van der Waals surface area contributed by atoms with Crippen molar-refractivity contribution in [2.75, 3.05) is 13.1 Å². The van der Waals surface area contributed by atoms with Crippen LogP contribution in [0.25, 0.3) is 0 Å². The molecule has 1 aromatic heterocycles. The zero-order chi connectivity index (χ0) is 12.4. The van der Waals surface area contributed by atoms with Crippen LogP contribution in [-0.2, 0) is 11.2 Å². The minimum atomic E-state index is 0.164. The lowest BCUT2D eigenvalue weighted by Crippen LogP contribution is -2.56. The molecule has 0 aromatic carbocycles. The molecular formula is C12H20N4O. The Bertz CT molecular complexity index is 391. The average molecular weight is 236 g/mol. The second-order valence-electron chi connectivity index (χ2n) is 4.99. The van der Waals surface area contributed by atoms with Crippen molar-refractivity contribution in [1.82, 2.24) is 20.4 Å². The molecule has 2 atom stereocenters. The van der Waals surface area contributed by atoms with Gasteiger partial charge < -0.3 is 10.2 Å². The third-order valence-electron chi connectivity index (χ3n) is 3.00. The molecule has 1 aliphatic heterocycles. The highest BCUT2D eigenvalue weighted by molar-refractivity contribution is 5.78. The van der Waals surface area contributed by atoms with E-state index in [2.05, 4.69) is 29.4 Å². The number of rotatable bonds is 2. The van der Waals surface area contributed by atoms with Gasteiger partial charge in [0, 0.05) is 30.9 Å². The van der Waals surface area contributed by atoms with E-state index in [1.165, 1.54) is 0 Å². The summed E-state index contributed by atoms with van der Waals surface area (Å²) in [7, 11) is 0. The first-order valence-electron chi connectivity index (χ1n) is 6.09. The maximum atomic E-state index is 12.1. The summed E-state index contributed by atoms with van der Waals surface area (Å²) in [6, 6.07) is 2.65. The van der Waals surface area contributed by atoms with Crippen molar-refractivity contribution in [3.05, 3.63) is 17.5 Å². The summed E-state index contributed by atoms with van der Waals surface area (Å²) in [5.41, 5.74) is 1.82. The Hall–Kier alpha value is -1.36. The standard InChI is InChI=1S/C12H20N4O/c1-8-4-11(15-14-8)5-12(17)16-6-9(2)13-10(3)7-16/h4,9-10,13H,5-7H2,1-3H3,(H,14,15). The van der Waals surface area contributed by atoms with E-state index in [0.717, 1.165) is 24.5 Å². The second-order valence-corrected chi connectivity index (χ2v) is 4.99. The molecule has 0 saturated carbocycles. The predicted octanol–water partition coefficient (Wildman–Crippen LogP) is 0.469. The number of amides is 1. The lowest BCUT2D eigenvalue weighted by atomic mass is 10.1. The van der Waals surface area contributed by atoms with E-state index >= 15 is 0 Å². The largest absolute Gasteiger partial charge is 0.339 e. The van der Waals surface area contributed by atoms with Crippen molar-refractivity contribution in [2.45, 2.75) is 39.3 Å². The van der Waals surface area contributed by atoms with Gasteiger partial charge in [0.05, 0.1) is 12.1 Å². The lowest BCUT2D eigenvalue weighted by Gasteiger charge is -2.36. The molecule has 2 rings (SSSR count). The van der Waals surface area contributed by atoms with E-state index in [-0.39, 0.29) is 5.91 Å². The summed E-state index contributed by atoms with van der Waals surface area (Å²) in [6.07, 6.45) is 0.393. The van der Waals surface area contributed by atoms with Crippen LogP contribution < -0.4 is 5.32 Å². The van der Waals surface area contributed by atoms with Crippen LogP contribution in [0.3, 0.4) is 0 Å². The van der Waals surface area contributed by atoms with Crippen LogP contribution >= 0.6 is 0 Å². The molecule has 0 radical (unpaired) electrons. The first kappa shape index (κ1) is 12.1. The SMILES string of the molecule is Cc1cc(CC(=O)N2CC(C)NC(C)C2)n[nH]1. The van der Waals surface area contributed by atoms with E-state index in [4.69, 9.17) is 0 Å². The number of carbonyl (C=O) groups is 1. The molecule has 1 fully saturated rings. The van der Waals surface area contributed by atoms with Crippen LogP contribution in [-0.4, -0.2) is 46.2 Å². The number of piperazine rings is 1. The van der Waals surface area contributed by atoms with Crippen LogP contribution in [0.4, 0.5) is 0 Å². The first-order valence-corrected chi connectivity index (χ1v) is 6.09. The summed E-state index contributed by atoms with van der Waals surface area (Å²) in [6.45, 7) is 7.72. The maximum Gasteiger partial charge on any atom is 0.228 e. The van der Waals surface area contributed by atoms with E-state index in [1.54, 1.807) is 0 Å². The quantitative estimate of drug-likeness (QED) is 0.784. The van der Waals surface area contributed by atoms with E-state index in [9.17, 15) is 4.79 Å². The van der Waals surface area contributed by atoms with Gasteiger partial charge in [-0.3, -0.25) is 9.89 Å². The van der Waals surface area contributed by atoms with E-state index in [1.807, 2.05) is 17.9 Å². The van der Waals surface area contributed by atoms with E-state index in [0.29, 0.717) is 18.5 Å². The molecule has 2 unspecified atom stereocenters. The number of nitrogens with zero attached hydrogens (tertiary/aromatic N) is 2. The summed E-state index contributed by atoms with van der Waals surface area (Å²) in [4.78, 5) is 14.0. The first-order chi connectivity index (χ1) is 8.04. The molecule has 17 heavy (non-hydrogen) atoms. The highest BCUT2D eigenvalue weighted by Crippen LogP contribution is 2.07. The Balaban J connectivity index is 1.95. The number of aromatic amines is 1. The van der Waals surface area contributed by atoms with E-state index < -0.39 is 0 Å². The summed E-state index contributed by atoms with van der Waals surface area (Å²) in [5, 5.41) is 10.4. The molecule has 2 heterocycles. The number of nitrogens with one attached hydrogen (secondary N) is 2. The van der Waals surface area contributed by atoms with Crippen molar-refractivity contribution >= 4 is 5.91 Å². The highest BCUT2D eigenvalue weighted by Gasteiger charge is 2.24. The molecule has 0 bridgehead atoms. The molecule has 1 aliphatic rings. The van der Waals surface area contributed by atoms with Crippen LogP contribution in [0.1, 0.15) is 25.2 Å². The van der Waals surface area contributed by atoms with Gasteiger partial charge >= 0.3 is 0 Å². The number of hydrogen-bond donors (Lipinski definition) is 2.